The summed E-state index contributed by atoms with van der Waals surface area (Å²) in [5.74, 6) is -3.12. The normalized spacial score (nSPS) is 26.5. The van der Waals surface area contributed by atoms with E-state index in [1.165, 1.54) is 0 Å². The highest BCUT2D eigenvalue weighted by molar-refractivity contribution is 7.98. The summed E-state index contributed by atoms with van der Waals surface area (Å²) in [6.07, 6.45) is -1.29. The second-order valence-corrected chi connectivity index (χ2v) is 12.8. The maximum absolute atomic E-state index is 15.3. The van der Waals surface area contributed by atoms with Crippen LogP contribution >= 0.6 is 11.9 Å². The zero-order valence-electron chi connectivity index (χ0n) is 18.6. The van der Waals surface area contributed by atoms with E-state index in [2.05, 4.69) is 4.72 Å². The third kappa shape index (κ3) is 4.23. The van der Waals surface area contributed by atoms with Crippen molar-refractivity contribution in [3.8, 4) is 5.75 Å². The number of hydrogen-bond acceptors (Lipinski definition) is 5. The van der Waals surface area contributed by atoms with Gasteiger partial charge in [-0.2, -0.15) is 13.2 Å². The SMILES string of the molecule is O=S(=O)(c1ccc(C(F)(F)F)cc1)[C@@]12CCC[C@@H](CNSC3CC3)C1COc1c(F)ccc(F)c12. The monoisotopic (exact) mass is 533 g/mol. The Balaban J connectivity index is 1.63. The van der Waals surface area contributed by atoms with E-state index in [4.69, 9.17) is 4.74 Å². The van der Waals surface area contributed by atoms with Crippen molar-refractivity contribution in [3.63, 3.8) is 0 Å². The van der Waals surface area contributed by atoms with Crippen LogP contribution in [0.4, 0.5) is 22.0 Å². The zero-order chi connectivity index (χ0) is 25.0. The summed E-state index contributed by atoms with van der Waals surface area (Å²) in [5.41, 5.74) is -1.34. The van der Waals surface area contributed by atoms with Crippen LogP contribution in [0.3, 0.4) is 0 Å². The molecule has 190 valence electrons. The van der Waals surface area contributed by atoms with Gasteiger partial charge in [0.2, 0.25) is 0 Å². The Bertz CT molecular complexity index is 1210. The van der Waals surface area contributed by atoms with E-state index in [0.717, 1.165) is 37.1 Å². The lowest BCUT2D eigenvalue weighted by Crippen LogP contribution is -2.55. The van der Waals surface area contributed by atoms with Crippen LogP contribution in [0.25, 0.3) is 0 Å². The van der Waals surface area contributed by atoms with Crippen LogP contribution in [0.2, 0.25) is 0 Å². The molecular formula is C24H24F5NO3S2. The van der Waals surface area contributed by atoms with Gasteiger partial charge in [0.25, 0.3) is 0 Å². The van der Waals surface area contributed by atoms with Crippen molar-refractivity contribution >= 4 is 21.8 Å². The molecule has 0 saturated heterocycles. The predicted octanol–water partition coefficient (Wildman–Crippen LogP) is 5.86. The summed E-state index contributed by atoms with van der Waals surface area (Å²) in [7, 11) is -4.45. The number of nitrogens with one attached hydrogen (secondary N) is 1. The van der Waals surface area contributed by atoms with Crippen molar-refractivity contribution in [2.75, 3.05) is 13.2 Å². The fourth-order valence-electron chi connectivity index (χ4n) is 5.42. The molecule has 3 atom stereocenters. The number of halogens is 5. The predicted molar refractivity (Wildman–Crippen MR) is 122 cm³/mol. The van der Waals surface area contributed by atoms with Gasteiger partial charge < -0.3 is 4.74 Å². The molecule has 3 aliphatic rings. The van der Waals surface area contributed by atoms with Gasteiger partial charge in [-0.05, 0) is 68.0 Å². The molecule has 0 amide bonds. The number of ether oxygens (including phenoxy) is 1. The number of alkyl halides is 3. The molecule has 0 radical (unpaired) electrons. The largest absolute Gasteiger partial charge is 0.490 e. The molecule has 5 rings (SSSR count). The molecule has 2 saturated carbocycles. The van der Waals surface area contributed by atoms with Gasteiger partial charge in [0.15, 0.2) is 21.4 Å². The fourth-order valence-corrected chi connectivity index (χ4v) is 8.79. The number of hydrogen-bond donors (Lipinski definition) is 1. The zero-order valence-corrected chi connectivity index (χ0v) is 20.2. The van der Waals surface area contributed by atoms with Gasteiger partial charge in [-0.15, -0.1) is 0 Å². The number of fused-ring (bicyclic) bond motifs is 3. The summed E-state index contributed by atoms with van der Waals surface area (Å²) in [5, 5.41) is 0.522. The summed E-state index contributed by atoms with van der Waals surface area (Å²) >= 11 is 1.59. The molecule has 2 aromatic rings. The first-order valence-corrected chi connectivity index (χ1v) is 13.8. The molecule has 0 bridgehead atoms. The molecule has 1 unspecified atom stereocenters. The van der Waals surface area contributed by atoms with Gasteiger partial charge in [-0.25, -0.2) is 17.2 Å². The Labute approximate surface area is 204 Å². The van der Waals surface area contributed by atoms with Gasteiger partial charge in [0.1, 0.15) is 10.6 Å². The smallest absolute Gasteiger partial charge is 0.416 e. The average molecular weight is 534 g/mol. The number of sulfone groups is 1. The third-order valence-corrected chi connectivity index (χ3v) is 11.0. The maximum Gasteiger partial charge on any atom is 0.416 e. The Hall–Kier alpha value is -1.85. The van der Waals surface area contributed by atoms with Gasteiger partial charge in [0, 0.05) is 17.7 Å². The fraction of sp³-hybridized carbons (Fsp3) is 0.500. The second kappa shape index (κ2) is 8.92. The van der Waals surface area contributed by atoms with Crippen molar-refractivity contribution in [2.45, 2.75) is 53.2 Å². The summed E-state index contributed by atoms with van der Waals surface area (Å²) < 4.78 is 105. The van der Waals surface area contributed by atoms with Crippen LogP contribution in [0.1, 0.15) is 43.2 Å². The molecule has 0 spiro atoms. The average Bonchev–Trinajstić information content (AvgIpc) is 3.65. The molecule has 1 N–H and O–H groups in total. The van der Waals surface area contributed by atoms with E-state index in [1.54, 1.807) is 11.9 Å². The molecule has 35 heavy (non-hydrogen) atoms. The highest BCUT2D eigenvalue weighted by atomic mass is 32.2. The molecule has 11 heteroatoms. The topological polar surface area (TPSA) is 55.4 Å². The minimum Gasteiger partial charge on any atom is -0.490 e. The van der Waals surface area contributed by atoms with Crippen LogP contribution in [0.5, 0.6) is 5.75 Å². The van der Waals surface area contributed by atoms with E-state index < -0.39 is 49.6 Å². The van der Waals surface area contributed by atoms with Gasteiger partial charge in [-0.1, -0.05) is 18.4 Å². The van der Waals surface area contributed by atoms with Crippen molar-refractivity contribution in [1.82, 2.24) is 4.72 Å². The first-order chi connectivity index (χ1) is 16.6. The molecule has 2 fully saturated rings. The Morgan fingerprint density at radius 1 is 1.03 bits per heavy atom. The first-order valence-electron chi connectivity index (χ1n) is 11.5. The van der Waals surface area contributed by atoms with Gasteiger partial charge in [-0.3, -0.25) is 4.72 Å². The maximum atomic E-state index is 15.3. The Morgan fingerprint density at radius 3 is 2.37 bits per heavy atom. The van der Waals surface area contributed by atoms with E-state index >= 15 is 4.39 Å². The third-order valence-electron chi connectivity index (χ3n) is 7.27. The molecule has 2 aromatic carbocycles. The van der Waals surface area contributed by atoms with E-state index in [1.807, 2.05) is 0 Å². The van der Waals surface area contributed by atoms with Crippen molar-refractivity contribution in [2.24, 2.45) is 11.8 Å². The molecule has 2 aliphatic carbocycles. The lowest BCUT2D eigenvalue weighted by atomic mass is 9.67. The molecule has 0 aromatic heterocycles. The molecule has 1 heterocycles. The van der Waals surface area contributed by atoms with E-state index in [9.17, 15) is 26.0 Å². The van der Waals surface area contributed by atoms with E-state index in [0.29, 0.717) is 36.8 Å². The summed E-state index contributed by atoms with van der Waals surface area (Å²) in [6.45, 7) is 0.333. The summed E-state index contributed by atoms with van der Waals surface area (Å²) in [4.78, 5) is -0.354. The highest BCUT2D eigenvalue weighted by Crippen LogP contribution is 2.58. The number of benzene rings is 2. The summed E-state index contributed by atoms with van der Waals surface area (Å²) in [6, 6.07) is 4.99. The van der Waals surface area contributed by atoms with Crippen LogP contribution in [-0.4, -0.2) is 26.8 Å². The van der Waals surface area contributed by atoms with Crippen LogP contribution in [-0.2, 0) is 20.8 Å². The highest BCUT2D eigenvalue weighted by Gasteiger charge is 2.60. The van der Waals surface area contributed by atoms with E-state index in [-0.39, 0.29) is 29.4 Å². The van der Waals surface area contributed by atoms with Crippen molar-refractivity contribution < 1.29 is 35.1 Å². The quantitative estimate of drug-likeness (QED) is 0.372. The lowest BCUT2D eigenvalue weighted by molar-refractivity contribution is -0.137. The second-order valence-electron chi connectivity index (χ2n) is 9.38. The first kappa shape index (κ1) is 24.8. The van der Waals surface area contributed by atoms with Gasteiger partial charge in [0.05, 0.1) is 22.6 Å². The minimum atomic E-state index is -4.63. The van der Waals surface area contributed by atoms with Crippen LogP contribution in [0.15, 0.2) is 41.3 Å². The van der Waals surface area contributed by atoms with Crippen molar-refractivity contribution in [1.29, 1.82) is 0 Å². The molecular weight excluding hydrogens is 509 g/mol. The minimum absolute atomic E-state index is 0.0179. The molecule has 1 aliphatic heterocycles. The number of rotatable bonds is 6. The van der Waals surface area contributed by atoms with Crippen LogP contribution in [0, 0.1) is 23.5 Å². The lowest BCUT2D eigenvalue weighted by Gasteiger charge is -2.50. The van der Waals surface area contributed by atoms with Crippen molar-refractivity contribution in [3.05, 3.63) is 59.2 Å². The Kier molecular flexibility index (Phi) is 6.32. The van der Waals surface area contributed by atoms with Crippen LogP contribution < -0.4 is 9.46 Å². The standard InChI is InChI=1S/C24H24F5NO3S2/c25-19-9-10-20(26)22-21(19)23(35(31,32)17-7-3-15(4-8-17)24(27,28)29)11-1-2-14(18(23)13-33-22)12-30-34-16-5-6-16/h3-4,7-10,14,16,18,30H,1-2,5-6,11-13H2/t14-,18?,23-/m0/s1. The van der Waals surface area contributed by atoms with Gasteiger partial charge >= 0.3 is 6.18 Å². The Morgan fingerprint density at radius 2 is 1.71 bits per heavy atom. The molecule has 4 nitrogen and oxygen atoms in total.